The van der Waals surface area contributed by atoms with Crippen LogP contribution in [0.2, 0.25) is 0 Å². The van der Waals surface area contributed by atoms with Gasteiger partial charge in [0, 0.05) is 25.7 Å². The highest BCUT2D eigenvalue weighted by Gasteiger charge is 2.19. The highest BCUT2D eigenvalue weighted by Crippen LogP contribution is 2.19. The molecule has 0 radical (unpaired) electrons. The van der Waals surface area contributed by atoms with Gasteiger partial charge in [0.1, 0.15) is 5.69 Å². The van der Waals surface area contributed by atoms with Gasteiger partial charge in [0.2, 0.25) is 0 Å². The number of hydrogen-bond acceptors (Lipinski definition) is 3. The minimum absolute atomic E-state index is 0.240. The van der Waals surface area contributed by atoms with E-state index in [0.717, 1.165) is 31.2 Å². The van der Waals surface area contributed by atoms with Crippen molar-refractivity contribution in [2.24, 2.45) is 13.0 Å². The Bertz CT molecular complexity index is 1110. The van der Waals surface area contributed by atoms with Gasteiger partial charge in [0.05, 0.1) is 11.4 Å². The van der Waals surface area contributed by atoms with E-state index in [1.54, 1.807) is 9.36 Å². The van der Waals surface area contributed by atoms with Crippen molar-refractivity contribution in [2.45, 2.75) is 33.2 Å². The van der Waals surface area contributed by atoms with Gasteiger partial charge in [-0.05, 0) is 62.1 Å². The monoisotopic (exact) mass is 418 g/mol. The first kappa shape index (κ1) is 21.1. The normalized spacial score (nSPS) is 16.9. The first-order valence-electron chi connectivity index (χ1n) is 10.9. The lowest BCUT2D eigenvalue weighted by atomic mass is 9.99. The summed E-state index contributed by atoms with van der Waals surface area (Å²) in [5, 5.41) is 2.83. The molecule has 1 N–H and O–H groups in total. The standard InChI is InChI=1S/C25H30N4O2/c1-18-8-7-15-28(16-18)17-20-11-13-21(14-12-20)24(30)26-23-19(2)27(3)29(25(23)31)22-9-5-4-6-10-22/h4-6,9-14,18H,7-8,15-17H2,1-3H3,(H,26,30)/t18-/m0/s1. The molecule has 1 atom stereocenters. The molecule has 1 fully saturated rings. The van der Waals surface area contributed by atoms with Crippen LogP contribution in [0.25, 0.3) is 5.69 Å². The topological polar surface area (TPSA) is 59.3 Å². The van der Waals surface area contributed by atoms with E-state index in [1.807, 2.05) is 68.6 Å². The van der Waals surface area contributed by atoms with Gasteiger partial charge in [-0.15, -0.1) is 0 Å². The average molecular weight is 419 g/mol. The van der Waals surface area contributed by atoms with Gasteiger partial charge in [-0.25, -0.2) is 4.68 Å². The van der Waals surface area contributed by atoms with Crippen LogP contribution in [0.15, 0.2) is 59.4 Å². The fourth-order valence-electron chi connectivity index (χ4n) is 4.35. The number of nitrogens with one attached hydrogen (secondary N) is 1. The summed E-state index contributed by atoms with van der Waals surface area (Å²) in [6.07, 6.45) is 2.55. The Balaban J connectivity index is 1.49. The molecule has 1 aliphatic heterocycles. The molecule has 31 heavy (non-hydrogen) atoms. The first-order chi connectivity index (χ1) is 14.9. The molecular weight excluding hydrogens is 388 g/mol. The number of hydrogen-bond donors (Lipinski definition) is 1. The SMILES string of the molecule is Cc1c(NC(=O)c2ccc(CN3CCC[C@H](C)C3)cc2)c(=O)n(-c2ccccc2)n1C. The van der Waals surface area contributed by atoms with E-state index in [4.69, 9.17) is 0 Å². The van der Waals surface area contributed by atoms with E-state index < -0.39 is 0 Å². The van der Waals surface area contributed by atoms with E-state index in [-0.39, 0.29) is 11.5 Å². The molecule has 1 amide bonds. The summed E-state index contributed by atoms with van der Waals surface area (Å²) in [5.41, 5.74) is 3.28. The van der Waals surface area contributed by atoms with Crippen molar-refractivity contribution in [2.75, 3.05) is 18.4 Å². The highest BCUT2D eigenvalue weighted by molar-refractivity contribution is 6.04. The Hall–Kier alpha value is -3.12. The van der Waals surface area contributed by atoms with Crippen LogP contribution in [0.4, 0.5) is 5.69 Å². The Labute approximate surface area is 183 Å². The lowest BCUT2D eigenvalue weighted by molar-refractivity contribution is 0.102. The Morgan fingerprint density at radius 1 is 1.10 bits per heavy atom. The maximum absolute atomic E-state index is 13.0. The van der Waals surface area contributed by atoms with Gasteiger partial charge in [0.25, 0.3) is 11.5 Å². The number of carbonyl (C=O) groups is 1. The van der Waals surface area contributed by atoms with Crippen LogP contribution in [0, 0.1) is 12.8 Å². The van der Waals surface area contributed by atoms with Gasteiger partial charge in [-0.1, -0.05) is 37.3 Å². The maximum Gasteiger partial charge on any atom is 0.295 e. The second kappa shape index (κ2) is 8.94. The molecular formula is C25H30N4O2. The third kappa shape index (κ3) is 4.49. The van der Waals surface area contributed by atoms with Crippen LogP contribution in [0.5, 0.6) is 0 Å². The minimum atomic E-state index is -0.274. The summed E-state index contributed by atoms with van der Waals surface area (Å²) in [6, 6.07) is 17.1. The van der Waals surface area contributed by atoms with Crippen molar-refractivity contribution in [3.05, 3.63) is 81.8 Å². The summed E-state index contributed by atoms with van der Waals surface area (Å²) < 4.78 is 3.32. The molecule has 1 aliphatic rings. The molecule has 6 heteroatoms. The quantitative estimate of drug-likeness (QED) is 0.682. The second-order valence-electron chi connectivity index (χ2n) is 8.57. The molecule has 0 aliphatic carbocycles. The van der Waals surface area contributed by atoms with Crippen molar-refractivity contribution in [1.29, 1.82) is 0 Å². The van der Waals surface area contributed by atoms with Gasteiger partial charge in [-0.2, -0.15) is 0 Å². The number of benzene rings is 2. The van der Waals surface area contributed by atoms with Crippen molar-refractivity contribution in [1.82, 2.24) is 14.3 Å². The van der Waals surface area contributed by atoms with Crippen molar-refractivity contribution in [3.8, 4) is 5.69 Å². The zero-order chi connectivity index (χ0) is 22.0. The van der Waals surface area contributed by atoms with Crippen LogP contribution in [-0.2, 0) is 13.6 Å². The molecule has 1 aromatic heterocycles. The molecule has 0 bridgehead atoms. The number of amides is 1. The molecule has 2 heterocycles. The second-order valence-corrected chi connectivity index (χ2v) is 8.57. The smallest absolute Gasteiger partial charge is 0.295 e. The van der Waals surface area contributed by atoms with E-state index in [2.05, 4.69) is 17.1 Å². The van der Waals surface area contributed by atoms with E-state index in [0.29, 0.717) is 16.9 Å². The largest absolute Gasteiger partial charge is 0.316 e. The fraction of sp³-hybridized carbons (Fsp3) is 0.360. The summed E-state index contributed by atoms with van der Waals surface area (Å²) in [4.78, 5) is 28.3. The highest BCUT2D eigenvalue weighted by atomic mass is 16.2. The summed E-state index contributed by atoms with van der Waals surface area (Å²) in [7, 11) is 1.82. The fourth-order valence-corrected chi connectivity index (χ4v) is 4.35. The zero-order valence-corrected chi connectivity index (χ0v) is 18.5. The Kier molecular flexibility index (Phi) is 6.09. The summed E-state index contributed by atoms with van der Waals surface area (Å²) >= 11 is 0. The molecule has 6 nitrogen and oxygen atoms in total. The van der Waals surface area contributed by atoms with Crippen LogP contribution in [0.1, 0.15) is 41.4 Å². The van der Waals surface area contributed by atoms with E-state index in [9.17, 15) is 9.59 Å². The number of aromatic nitrogens is 2. The third-order valence-corrected chi connectivity index (χ3v) is 6.16. The van der Waals surface area contributed by atoms with E-state index in [1.165, 1.54) is 18.4 Å². The van der Waals surface area contributed by atoms with Gasteiger partial charge >= 0.3 is 0 Å². The molecule has 0 spiro atoms. The number of carbonyl (C=O) groups excluding carboxylic acids is 1. The third-order valence-electron chi connectivity index (χ3n) is 6.16. The maximum atomic E-state index is 13.0. The van der Waals surface area contributed by atoms with Crippen molar-refractivity contribution >= 4 is 11.6 Å². The number of rotatable bonds is 5. The van der Waals surface area contributed by atoms with Crippen LogP contribution < -0.4 is 10.9 Å². The summed E-state index contributed by atoms with van der Waals surface area (Å²) in [5.74, 6) is 0.469. The molecule has 162 valence electrons. The van der Waals surface area contributed by atoms with Crippen molar-refractivity contribution < 1.29 is 4.79 Å². The number of anilines is 1. The first-order valence-corrected chi connectivity index (χ1v) is 10.9. The predicted molar refractivity (Wildman–Crippen MR) is 124 cm³/mol. The molecule has 0 unspecified atom stereocenters. The number of nitrogens with zero attached hydrogens (tertiary/aromatic N) is 3. The zero-order valence-electron chi connectivity index (χ0n) is 18.5. The van der Waals surface area contributed by atoms with Crippen LogP contribution in [0.3, 0.4) is 0 Å². The van der Waals surface area contributed by atoms with Crippen LogP contribution >= 0.6 is 0 Å². The molecule has 3 aromatic rings. The average Bonchev–Trinajstić information content (AvgIpc) is 2.98. The molecule has 0 saturated carbocycles. The summed E-state index contributed by atoms with van der Waals surface area (Å²) in [6.45, 7) is 7.30. The predicted octanol–water partition coefficient (Wildman–Crippen LogP) is 3.97. The van der Waals surface area contributed by atoms with Crippen LogP contribution in [-0.4, -0.2) is 33.3 Å². The van der Waals surface area contributed by atoms with Gasteiger partial charge in [0.15, 0.2) is 0 Å². The Morgan fingerprint density at radius 3 is 2.48 bits per heavy atom. The van der Waals surface area contributed by atoms with Crippen molar-refractivity contribution in [3.63, 3.8) is 0 Å². The van der Waals surface area contributed by atoms with Gasteiger partial charge < -0.3 is 5.32 Å². The number of para-hydroxylation sites is 1. The minimum Gasteiger partial charge on any atom is -0.316 e. The molecule has 1 saturated heterocycles. The number of piperidine rings is 1. The molecule has 2 aromatic carbocycles. The molecule has 4 rings (SSSR count). The van der Waals surface area contributed by atoms with E-state index >= 15 is 0 Å². The lowest BCUT2D eigenvalue weighted by Gasteiger charge is -2.30. The van der Waals surface area contributed by atoms with Gasteiger partial charge in [-0.3, -0.25) is 19.2 Å². The lowest BCUT2D eigenvalue weighted by Crippen LogP contribution is -2.33. The Morgan fingerprint density at radius 2 is 1.81 bits per heavy atom. The number of likely N-dealkylation sites (tertiary alicyclic amines) is 1.